The van der Waals surface area contributed by atoms with Crippen LogP contribution in [-0.2, 0) is 17.8 Å². The zero-order valence-electron chi connectivity index (χ0n) is 12.8. The monoisotopic (exact) mass is 297 g/mol. The van der Waals surface area contributed by atoms with Gasteiger partial charge in [-0.15, -0.1) is 0 Å². The molecule has 0 saturated heterocycles. The van der Waals surface area contributed by atoms with Crippen molar-refractivity contribution in [3.8, 4) is 0 Å². The van der Waals surface area contributed by atoms with Gasteiger partial charge >= 0.3 is 0 Å². The maximum absolute atomic E-state index is 12.5. The van der Waals surface area contributed by atoms with Crippen molar-refractivity contribution >= 4 is 16.8 Å². The van der Waals surface area contributed by atoms with Crippen molar-refractivity contribution in [1.29, 1.82) is 0 Å². The normalized spacial score (nSPS) is 11.3. The SMILES string of the molecule is CC(C)CCn1c(C(C)C)ccc(CCC(=O)Cl)c1=O. The number of carbonyl (C=O) groups excluding carboxylic acids is 1. The van der Waals surface area contributed by atoms with E-state index < -0.39 is 5.24 Å². The molecule has 1 aromatic rings. The van der Waals surface area contributed by atoms with E-state index in [0.717, 1.165) is 18.7 Å². The van der Waals surface area contributed by atoms with E-state index in [1.165, 1.54) is 0 Å². The lowest BCUT2D eigenvalue weighted by molar-refractivity contribution is -0.111. The number of rotatable bonds is 7. The summed E-state index contributed by atoms with van der Waals surface area (Å²) in [6, 6.07) is 3.84. The van der Waals surface area contributed by atoms with Gasteiger partial charge in [-0.2, -0.15) is 0 Å². The average molecular weight is 298 g/mol. The fourth-order valence-electron chi connectivity index (χ4n) is 2.18. The molecule has 20 heavy (non-hydrogen) atoms. The van der Waals surface area contributed by atoms with Gasteiger partial charge in [0.2, 0.25) is 5.24 Å². The highest BCUT2D eigenvalue weighted by Crippen LogP contribution is 2.15. The minimum absolute atomic E-state index is 0.0229. The molecule has 0 N–H and O–H groups in total. The third-order valence-electron chi connectivity index (χ3n) is 3.40. The summed E-state index contributed by atoms with van der Waals surface area (Å²) in [5.41, 5.74) is 1.75. The van der Waals surface area contributed by atoms with Crippen LogP contribution in [0, 0.1) is 5.92 Å². The van der Waals surface area contributed by atoms with Crippen LogP contribution in [0.2, 0.25) is 0 Å². The fourth-order valence-corrected chi connectivity index (χ4v) is 2.28. The zero-order chi connectivity index (χ0) is 15.3. The summed E-state index contributed by atoms with van der Waals surface area (Å²) >= 11 is 5.36. The molecule has 1 rings (SSSR count). The van der Waals surface area contributed by atoms with Gasteiger partial charge in [0.05, 0.1) is 0 Å². The Labute approximate surface area is 126 Å². The molecule has 0 unspecified atom stereocenters. The van der Waals surface area contributed by atoms with Crippen LogP contribution in [0.3, 0.4) is 0 Å². The molecular formula is C16H24ClNO2. The van der Waals surface area contributed by atoms with E-state index in [2.05, 4.69) is 27.7 Å². The van der Waals surface area contributed by atoms with Crippen molar-refractivity contribution in [2.75, 3.05) is 0 Å². The maximum atomic E-state index is 12.5. The highest BCUT2D eigenvalue weighted by atomic mass is 35.5. The van der Waals surface area contributed by atoms with E-state index >= 15 is 0 Å². The van der Waals surface area contributed by atoms with Gasteiger partial charge in [-0.3, -0.25) is 9.59 Å². The van der Waals surface area contributed by atoms with Gasteiger partial charge in [-0.1, -0.05) is 33.8 Å². The second kappa shape index (κ2) is 7.63. The molecule has 4 heteroatoms. The Balaban J connectivity index is 3.10. The first-order chi connectivity index (χ1) is 9.32. The van der Waals surface area contributed by atoms with Crippen LogP contribution in [0.15, 0.2) is 16.9 Å². The third-order valence-corrected chi connectivity index (χ3v) is 3.59. The highest BCUT2D eigenvalue weighted by Gasteiger charge is 2.12. The molecule has 0 fully saturated rings. The third kappa shape index (κ3) is 4.78. The second-order valence-corrected chi connectivity index (χ2v) is 6.35. The number of aryl methyl sites for hydroxylation is 1. The first-order valence-electron chi connectivity index (χ1n) is 7.23. The van der Waals surface area contributed by atoms with Crippen LogP contribution in [-0.4, -0.2) is 9.81 Å². The highest BCUT2D eigenvalue weighted by molar-refractivity contribution is 6.63. The van der Waals surface area contributed by atoms with Crippen LogP contribution in [0.25, 0.3) is 0 Å². The van der Waals surface area contributed by atoms with Gasteiger partial charge < -0.3 is 4.57 Å². The molecule has 0 atom stereocenters. The molecule has 0 aliphatic rings. The van der Waals surface area contributed by atoms with Crippen molar-refractivity contribution in [2.24, 2.45) is 5.92 Å². The van der Waals surface area contributed by atoms with E-state index in [0.29, 0.717) is 23.8 Å². The van der Waals surface area contributed by atoms with Crippen LogP contribution in [0.5, 0.6) is 0 Å². The first kappa shape index (κ1) is 17.0. The molecule has 0 saturated carbocycles. The molecule has 1 aromatic heterocycles. The van der Waals surface area contributed by atoms with Gasteiger partial charge in [-0.25, -0.2) is 0 Å². The predicted molar refractivity (Wildman–Crippen MR) is 83.4 cm³/mol. The summed E-state index contributed by atoms with van der Waals surface area (Å²) in [4.78, 5) is 23.4. The van der Waals surface area contributed by atoms with Crippen LogP contribution in [0.4, 0.5) is 0 Å². The standard InChI is InChI=1S/C16H24ClNO2/c1-11(2)9-10-18-14(12(3)4)7-5-13(16(18)20)6-8-15(17)19/h5,7,11-12H,6,8-10H2,1-4H3. The molecular weight excluding hydrogens is 274 g/mol. The van der Waals surface area contributed by atoms with Gasteiger partial charge in [0, 0.05) is 24.2 Å². The minimum atomic E-state index is -0.397. The molecule has 1 heterocycles. The largest absolute Gasteiger partial charge is 0.312 e. The molecule has 3 nitrogen and oxygen atoms in total. The number of hydrogen-bond acceptors (Lipinski definition) is 2. The molecule has 0 amide bonds. The number of aromatic nitrogens is 1. The maximum Gasteiger partial charge on any atom is 0.253 e. The van der Waals surface area contributed by atoms with Gasteiger partial charge in [0.15, 0.2) is 0 Å². The first-order valence-corrected chi connectivity index (χ1v) is 7.61. The lowest BCUT2D eigenvalue weighted by atomic mass is 10.0. The Morgan fingerprint density at radius 2 is 1.90 bits per heavy atom. The quantitative estimate of drug-likeness (QED) is 0.720. The van der Waals surface area contributed by atoms with E-state index in [1.807, 2.05) is 16.7 Å². The topological polar surface area (TPSA) is 39.1 Å². The Morgan fingerprint density at radius 3 is 2.40 bits per heavy atom. The Bertz CT molecular complexity index is 518. The molecule has 0 aliphatic heterocycles. The minimum Gasteiger partial charge on any atom is -0.312 e. The van der Waals surface area contributed by atoms with Gasteiger partial charge in [0.1, 0.15) is 0 Å². The summed E-state index contributed by atoms with van der Waals surface area (Å²) in [6.45, 7) is 9.20. The van der Waals surface area contributed by atoms with Crippen LogP contribution < -0.4 is 5.56 Å². The van der Waals surface area contributed by atoms with Crippen molar-refractivity contribution in [3.05, 3.63) is 33.7 Å². The van der Waals surface area contributed by atoms with Crippen molar-refractivity contribution < 1.29 is 4.79 Å². The van der Waals surface area contributed by atoms with E-state index in [-0.39, 0.29) is 12.0 Å². The number of carbonyl (C=O) groups is 1. The van der Waals surface area contributed by atoms with Crippen LogP contribution >= 0.6 is 11.6 Å². The second-order valence-electron chi connectivity index (χ2n) is 5.93. The Hall–Kier alpha value is -1.09. The summed E-state index contributed by atoms with van der Waals surface area (Å²) in [5, 5.41) is -0.397. The number of hydrogen-bond donors (Lipinski definition) is 0. The molecule has 0 radical (unpaired) electrons. The Morgan fingerprint density at radius 1 is 1.25 bits per heavy atom. The average Bonchev–Trinajstić information content (AvgIpc) is 2.34. The Kier molecular flexibility index (Phi) is 6.47. The summed E-state index contributed by atoms with van der Waals surface area (Å²) in [7, 11) is 0. The summed E-state index contributed by atoms with van der Waals surface area (Å²) in [6.07, 6.45) is 1.60. The number of pyridine rings is 1. The zero-order valence-corrected chi connectivity index (χ0v) is 13.5. The van der Waals surface area contributed by atoms with E-state index in [4.69, 9.17) is 11.6 Å². The lowest BCUT2D eigenvalue weighted by Crippen LogP contribution is -2.28. The van der Waals surface area contributed by atoms with Crippen LogP contribution in [0.1, 0.15) is 57.7 Å². The van der Waals surface area contributed by atoms with Crippen molar-refractivity contribution in [3.63, 3.8) is 0 Å². The summed E-state index contributed by atoms with van der Waals surface area (Å²) in [5.74, 6) is 0.855. The van der Waals surface area contributed by atoms with Gasteiger partial charge in [-0.05, 0) is 42.3 Å². The molecule has 0 aliphatic carbocycles. The van der Waals surface area contributed by atoms with Crippen molar-refractivity contribution in [1.82, 2.24) is 4.57 Å². The van der Waals surface area contributed by atoms with Crippen molar-refractivity contribution in [2.45, 2.75) is 59.4 Å². The smallest absolute Gasteiger partial charge is 0.253 e. The van der Waals surface area contributed by atoms with E-state index in [1.54, 1.807) is 0 Å². The van der Waals surface area contributed by atoms with E-state index in [9.17, 15) is 9.59 Å². The predicted octanol–water partition coefficient (Wildman–Crippen LogP) is 3.72. The number of halogens is 1. The fraction of sp³-hybridized carbons (Fsp3) is 0.625. The van der Waals surface area contributed by atoms with Gasteiger partial charge in [0.25, 0.3) is 5.56 Å². The molecule has 0 aromatic carbocycles. The summed E-state index contributed by atoms with van der Waals surface area (Å²) < 4.78 is 1.86. The molecule has 0 spiro atoms. The lowest BCUT2D eigenvalue weighted by Gasteiger charge is -2.18. The molecule has 112 valence electrons. The molecule has 0 bridgehead atoms. The number of nitrogens with zero attached hydrogens (tertiary/aromatic N) is 1.